The van der Waals surface area contributed by atoms with Crippen molar-refractivity contribution in [3.8, 4) is 0 Å². The van der Waals surface area contributed by atoms with Crippen LogP contribution < -0.4 is 4.72 Å². The van der Waals surface area contributed by atoms with E-state index in [1.54, 1.807) is 0 Å². The SMILES string of the molecule is CCCC[C@H](NS(=O)(=O)CC(C)C(=O)OC)C(=O)O. The molecule has 0 bridgehead atoms. The number of ether oxygens (including phenoxy) is 1. The number of carboxylic acids is 1. The lowest BCUT2D eigenvalue weighted by Crippen LogP contribution is -2.43. The van der Waals surface area contributed by atoms with E-state index in [-0.39, 0.29) is 6.42 Å². The molecule has 1 unspecified atom stereocenters. The number of unbranched alkanes of at least 4 members (excludes halogenated alkanes) is 1. The highest BCUT2D eigenvalue weighted by molar-refractivity contribution is 7.89. The molecule has 0 aromatic heterocycles. The van der Waals surface area contributed by atoms with E-state index in [2.05, 4.69) is 9.46 Å². The molecule has 0 fully saturated rings. The zero-order chi connectivity index (χ0) is 15.1. The monoisotopic (exact) mass is 295 g/mol. The number of hydrogen-bond donors (Lipinski definition) is 2. The Bertz CT molecular complexity index is 405. The number of nitrogens with one attached hydrogen (secondary N) is 1. The number of methoxy groups -OCH3 is 1. The van der Waals surface area contributed by atoms with E-state index >= 15 is 0 Å². The Morgan fingerprint density at radius 1 is 1.37 bits per heavy atom. The van der Waals surface area contributed by atoms with Crippen LogP contribution in [0.1, 0.15) is 33.1 Å². The minimum atomic E-state index is -3.84. The van der Waals surface area contributed by atoms with Crippen LogP contribution in [-0.2, 0) is 24.3 Å². The van der Waals surface area contributed by atoms with Crippen LogP contribution in [0.5, 0.6) is 0 Å². The van der Waals surface area contributed by atoms with Gasteiger partial charge in [0.05, 0.1) is 18.8 Å². The van der Waals surface area contributed by atoms with Crippen LogP contribution >= 0.6 is 0 Å². The Labute approximate surface area is 113 Å². The first-order valence-corrected chi connectivity index (χ1v) is 7.69. The Morgan fingerprint density at radius 3 is 2.37 bits per heavy atom. The minimum Gasteiger partial charge on any atom is -0.480 e. The molecule has 0 saturated carbocycles. The largest absolute Gasteiger partial charge is 0.480 e. The molecule has 2 atom stereocenters. The summed E-state index contributed by atoms with van der Waals surface area (Å²) < 4.78 is 30.0. The first-order chi connectivity index (χ1) is 8.73. The van der Waals surface area contributed by atoms with Crippen LogP contribution in [0.15, 0.2) is 0 Å². The van der Waals surface area contributed by atoms with Crippen molar-refractivity contribution < 1.29 is 27.9 Å². The van der Waals surface area contributed by atoms with Gasteiger partial charge < -0.3 is 9.84 Å². The van der Waals surface area contributed by atoms with Gasteiger partial charge in [-0.05, 0) is 6.42 Å². The second kappa shape index (κ2) is 8.11. The molecule has 8 heteroatoms. The van der Waals surface area contributed by atoms with Crippen LogP contribution in [0.3, 0.4) is 0 Å². The molecule has 0 heterocycles. The predicted molar refractivity (Wildman–Crippen MR) is 69.1 cm³/mol. The van der Waals surface area contributed by atoms with Gasteiger partial charge in [0.15, 0.2) is 0 Å². The number of hydrogen-bond acceptors (Lipinski definition) is 5. The van der Waals surface area contributed by atoms with Gasteiger partial charge >= 0.3 is 11.9 Å². The van der Waals surface area contributed by atoms with Gasteiger partial charge in [0.2, 0.25) is 10.0 Å². The van der Waals surface area contributed by atoms with Crippen molar-refractivity contribution in [1.29, 1.82) is 0 Å². The maximum atomic E-state index is 11.8. The molecule has 0 aliphatic heterocycles. The van der Waals surface area contributed by atoms with Gasteiger partial charge in [0, 0.05) is 0 Å². The second-order valence-corrected chi connectivity index (χ2v) is 6.16. The maximum absolute atomic E-state index is 11.8. The fourth-order valence-corrected chi connectivity index (χ4v) is 3.05. The molecule has 0 rings (SSSR count). The van der Waals surface area contributed by atoms with Gasteiger partial charge in [0.1, 0.15) is 6.04 Å². The molecular weight excluding hydrogens is 274 g/mol. The van der Waals surface area contributed by atoms with E-state index in [1.165, 1.54) is 14.0 Å². The fourth-order valence-electron chi connectivity index (χ4n) is 1.50. The summed E-state index contributed by atoms with van der Waals surface area (Å²) in [5.74, 6) is -3.20. The van der Waals surface area contributed by atoms with Gasteiger partial charge in [-0.15, -0.1) is 0 Å². The van der Waals surface area contributed by atoms with Crippen LogP contribution in [-0.4, -0.2) is 44.4 Å². The Kier molecular flexibility index (Phi) is 7.62. The Hall–Kier alpha value is -1.15. The third kappa shape index (κ3) is 7.12. The number of rotatable bonds is 9. The topological polar surface area (TPSA) is 110 Å². The minimum absolute atomic E-state index is 0.220. The van der Waals surface area contributed by atoms with Gasteiger partial charge in [-0.3, -0.25) is 9.59 Å². The summed E-state index contributed by atoms with van der Waals surface area (Å²) in [5, 5.41) is 8.93. The van der Waals surface area contributed by atoms with Crippen LogP contribution in [0.4, 0.5) is 0 Å². The number of esters is 1. The first-order valence-electron chi connectivity index (χ1n) is 6.04. The Morgan fingerprint density at radius 2 is 1.95 bits per heavy atom. The average Bonchev–Trinajstić information content (AvgIpc) is 2.32. The molecule has 112 valence electrons. The molecule has 0 saturated heterocycles. The second-order valence-electron chi connectivity index (χ2n) is 4.36. The molecule has 0 spiro atoms. The lowest BCUT2D eigenvalue weighted by molar-refractivity contribution is -0.144. The number of aliphatic carboxylic acids is 1. The molecule has 0 aliphatic carbocycles. The molecular formula is C11H21NO6S. The van der Waals surface area contributed by atoms with E-state index in [0.29, 0.717) is 6.42 Å². The van der Waals surface area contributed by atoms with Gasteiger partial charge in [-0.25, -0.2) is 13.1 Å². The highest BCUT2D eigenvalue weighted by atomic mass is 32.2. The summed E-state index contributed by atoms with van der Waals surface area (Å²) in [5.41, 5.74) is 0. The summed E-state index contributed by atoms with van der Waals surface area (Å²) in [6.07, 6.45) is 1.59. The average molecular weight is 295 g/mol. The number of carboxylic acid groups (broad SMARTS) is 1. The standard InChI is InChI=1S/C11H21NO6S/c1-4-5-6-9(10(13)14)12-19(16,17)7-8(2)11(15)18-3/h8-9,12H,4-7H2,1-3H3,(H,13,14)/t8?,9-/m0/s1. The smallest absolute Gasteiger partial charge is 0.321 e. The highest BCUT2D eigenvalue weighted by Crippen LogP contribution is 2.06. The Balaban J connectivity index is 4.63. The molecule has 0 aromatic carbocycles. The van der Waals surface area contributed by atoms with Crippen molar-refractivity contribution in [2.75, 3.05) is 12.9 Å². The summed E-state index contributed by atoms with van der Waals surface area (Å²) in [7, 11) is -2.68. The lowest BCUT2D eigenvalue weighted by atomic mass is 10.1. The number of carbonyl (C=O) groups is 2. The summed E-state index contributed by atoms with van der Waals surface area (Å²) in [4.78, 5) is 22.1. The van der Waals surface area contributed by atoms with Gasteiger partial charge in [-0.1, -0.05) is 26.7 Å². The normalized spacial score (nSPS) is 14.7. The maximum Gasteiger partial charge on any atom is 0.321 e. The van der Waals surface area contributed by atoms with E-state index in [4.69, 9.17) is 5.11 Å². The van der Waals surface area contributed by atoms with Crippen LogP contribution in [0.25, 0.3) is 0 Å². The quantitative estimate of drug-likeness (QED) is 0.594. The number of sulfonamides is 1. The number of carbonyl (C=O) groups excluding carboxylic acids is 1. The van der Waals surface area contributed by atoms with E-state index in [1.807, 2.05) is 6.92 Å². The van der Waals surface area contributed by atoms with Crippen molar-refractivity contribution in [2.24, 2.45) is 5.92 Å². The predicted octanol–water partition coefficient (Wildman–Crippen LogP) is 0.358. The van der Waals surface area contributed by atoms with Crippen LogP contribution in [0, 0.1) is 5.92 Å². The van der Waals surface area contributed by atoms with Crippen molar-refractivity contribution in [1.82, 2.24) is 4.72 Å². The van der Waals surface area contributed by atoms with E-state index in [0.717, 1.165) is 6.42 Å². The first kappa shape index (κ1) is 17.8. The van der Waals surface area contributed by atoms with Crippen molar-refractivity contribution >= 4 is 22.0 Å². The molecule has 2 N–H and O–H groups in total. The van der Waals surface area contributed by atoms with Crippen molar-refractivity contribution in [3.05, 3.63) is 0 Å². The summed E-state index contributed by atoms with van der Waals surface area (Å²) in [6, 6.07) is -1.16. The molecule has 0 amide bonds. The molecule has 7 nitrogen and oxygen atoms in total. The molecule has 0 aromatic rings. The lowest BCUT2D eigenvalue weighted by Gasteiger charge is -2.16. The molecule has 19 heavy (non-hydrogen) atoms. The summed E-state index contributed by atoms with van der Waals surface area (Å²) in [6.45, 7) is 3.29. The van der Waals surface area contributed by atoms with Crippen LogP contribution in [0.2, 0.25) is 0 Å². The summed E-state index contributed by atoms with van der Waals surface area (Å²) >= 11 is 0. The van der Waals surface area contributed by atoms with Gasteiger partial charge in [0.25, 0.3) is 0 Å². The van der Waals surface area contributed by atoms with Crippen molar-refractivity contribution in [2.45, 2.75) is 39.2 Å². The third-order valence-electron chi connectivity index (χ3n) is 2.54. The van der Waals surface area contributed by atoms with E-state index < -0.39 is 39.7 Å². The molecule has 0 aliphatic rings. The molecule has 0 radical (unpaired) electrons. The zero-order valence-corrected chi connectivity index (χ0v) is 12.2. The third-order valence-corrected chi connectivity index (χ3v) is 4.12. The van der Waals surface area contributed by atoms with Crippen molar-refractivity contribution in [3.63, 3.8) is 0 Å². The van der Waals surface area contributed by atoms with Gasteiger partial charge in [-0.2, -0.15) is 0 Å². The van der Waals surface area contributed by atoms with E-state index in [9.17, 15) is 18.0 Å². The highest BCUT2D eigenvalue weighted by Gasteiger charge is 2.27. The zero-order valence-electron chi connectivity index (χ0n) is 11.4. The fraction of sp³-hybridized carbons (Fsp3) is 0.818.